The van der Waals surface area contributed by atoms with Crippen LogP contribution < -0.4 is 4.74 Å². The summed E-state index contributed by atoms with van der Waals surface area (Å²) in [7, 11) is 0. The van der Waals surface area contributed by atoms with Crippen molar-refractivity contribution < 1.29 is 23.8 Å². The maximum atomic E-state index is 14.8. The summed E-state index contributed by atoms with van der Waals surface area (Å²) < 4.78 is 34.1. The molecule has 1 aliphatic rings. The van der Waals surface area contributed by atoms with Gasteiger partial charge in [-0.3, -0.25) is 0 Å². The summed E-state index contributed by atoms with van der Waals surface area (Å²) in [6.07, 6.45) is 0.989. The van der Waals surface area contributed by atoms with E-state index < -0.39 is 17.6 Å². The number of fused-ring (bicyclic) bond motifs is 1. The molecule has 1 unspecified atom stereocenters. The molecular formula is C24H19FN2O4S2. The molecule has 1 N–H and O–H groups in total. The Balaban J connectivity index is 1.64. The van der Waals surface area contributed by atoms with Crippen LogP contribution in [0.2, 0.25) is 0 Å². The average Bonchev–Trinajstić information content (AvgIpc) is 3.53. The van der Waals surface area contributed by atoms with Crippen molar-refractivity contribution in [3.05, 3.63) is 81.3 Å². The number of carbonyl (C=O) groups excluding carboxylic acids is 1. The lowest BCUT2D eigenvalue weighted by molar-refractivity contribution is -0.185. The number of aromatic nitrogens is 2. The minimum atomic E-state index is -2.12. The lowest BCUT2D eigenvalue weighted by atomic mass is 9.88. The van der Waals surface area contributed by atoms with Gasteiger partial charge in [-0.1, -0.05) is 13.0 Å². The lowest BCUT2D eigenvalue weighted by Gasteiger charge is -2.26. The highest BCUT2D eigenvalue weighted by Gasteiger charge is 2.48. The molecule has 5 rings (SSSR count). The van der Waals surface area contributed by atoms with E-state index in [9.17, 15) is 14.3 Å². The number of ether oxygens (including phenoxy) is 2. The third-order valence-electron chi connectivity index (χ3n) is 5.44. The van der Waals surface area contributed by atoms with Gasteiger partial charge in [-0.25, -0.2) is 9.18 Å². The summed E-state index contributed by atoms with van der Waals surface area (Å²) in [6.45, 7) is 2.30. The lowest BCUT2D eigenvalue weighted by Crippen LogP contribution is -2.30. The first-order valence-electron chi connectivity index (χ1n) is 10.4. The van der Waals surface area contributed by atoms with E-state index in [2.05, 4.69) is 8.75 Å². The van der Waals surface area contributed by atoms with Crippen molar-refractivity contribution in [1.82, 2.24) is 8.75 Å². The van der Waals surface area contributed by atoms with Crippen molar-refractivity contribution in [1.29, 1.82) is 0 Å². The molecular weight excluding hydrogens is 463 g/mol. The Bertz CT molecular complexity index is 1370. The molecule has 0 radical (unpaired) electrons. The smallest absolute Gasteiger partial charge is 0.342 e. The number of hydrogen-bond donors (Lipinski definition) is 1. The number of carbonyl (C=O) groups is 1. The van der Waals surface area contributed by atoms with Crippen LogP contribution in [0.3, 0.4) is 0 Å². The molecule has 0 saturated heterocycles. The number of halogens is 1. The van der Waals surface area contributed by atoms with Gasteiger partial charge in [0.25, 0.3) is 5.79 Å². The van der Waals surface area contributed by atoms with Crippen LogP contribution in [0.4, 0.5) is 4.39 Å². The summed E-state index contributed by atoms with van der Waals surface area (Å²) in [5.74, 6) is -3.35. The average molecular weight is 483 g/mol. The van der Waals surface area contributed by atoms with Crippen LogP contribution in [0.25, 0.3) is 16.6 Å². The van der Waals surface area contributed by atoms with Gasteiger partial charge in [0.2, 0.25) is 0 Å². The Morgan fingerprint density at radius 2 is 2.00 bits per heavy atom. The fourth-order valence-electron chi connectivity index (χ4n) is 3.85. The molecule has 0 amide bonds. The molecule has 33 heavy (non-hydrogen) atoms. The molecule has 0 bridgehead atoms. The Hall–Kier alpha value is -3.14. The van der Waals surface area contributed by atoms with Gasteiger partial charge in [0.1, 0.15) is 11.0 Å². The first-order valence-corrected chi connectivity index (χ1v) is 12.0. The molecule has 6 nitrogen and oxygen atoms in total. The number of aliphatic hydroxyl groups is 1. The number of rotatable bonds is 7. The summed E-state index contributed by atoms with van der Waals surface area (Å²) in [4.78, 5) is 13.1. The number of cyclic esters (lactones) is 1. The molecule has 0 spiro atoms. The third kappa shape index (κ3) is 3.92. The van der Waals surface area contributed by atoms with Gasteiger partial charge < -0.3 is 14.6 Å². The van der Waals surface area contributed by atoms with Crippen LogP contribution in [0.15, 0.2) is 58.8 Å². The Morgan fingerprint density at radius 1 is 1.15 bits per heavy atom. The molecule has 4 aromatic rings. The van der Waals surface area contributed by atoms with E-state index in [1.165, 1.54) is 23.5 Å². The zero-order valence-electron chi connectivity index (χ0n) is 17.6. The van der Waals surface area contributed by atoms with Crippen molar-refractivity contribution in [2.24, 2.45) is 0 Å². The normalized spacial score (nSPS) is 18.2. The molecule has 168 valence electrons. The topological polar surface area (TPSA) is 81.5 Å². The van der Waals surface area contributed by atoms with Crippen molar-refractivity contribution in [3.63, 3.8) is 0 Å². The Kier molecular flexibility index (Phi) is 5.69. The molecule has 1 atom stereocenters. The van der Waals surface area contributed by atoms with Gasteiger partial charge in [-0.15, -0.1) is 0 Å². The van der Waals surface area contributed by atoms with E-state index in [4.69, 9.17) is 9.47 Å². The van der Waals surface area contributed by atoms with Crippen molar-refractivity contribution in [2.45, 2.75) is 25.6 Å². The van der Waals surface area contributed by atoms with Gasteiger partial charge >= 0.3 is 5.97 Å². The summed E-state index contributed by atoms with van der Waals surface area (Å²) in [6, 6.07) is 11.3. The zero-order chi connectivity index (χ0) is 23.0. The van der Waals surface area contributed by atoms with Crippen LogP contribution in [0.1, 0.15) is 30.0 Å². The van der Waals surface area contributed by atoms with E-state index >= 15 is 0 Å². The highest BCUT2D eigenvalue weighted by atomic mass is 32.1. The predicted molar refractivity (Wildman–Crippen MR) is 125 cm³/mol. The monoisotopic (exact) mass is 482 g/mol. The van der Waals surface area contributed by atoms with E-state index in [1.807, 2.05) is 23.8 Å². The molecule has 9 heteroatoms. The Morgan fingerprint density at radius 3 is 2.76 bits per heavy atom. The van der Waals surface area contributed by atoms with Crippen LogP contribution in [-0.4, -0.2) is 26.4 Å². The highest BCUT2D eigenvalue weighted by molar-refractivity contribution is 7.08. The number of thiophene rings is 1. The molecule has 0 aliphatic carbocycles. The quantitative estimate of drug-likeness (QED) is 0.370. The molecule has 2 aromatic carbocycles. The highest BCUT2D eigenvalue weighted by Crippen LogP contribution is 2.45. The number of hydrogen-bond acceptors (Lipinski definition) is 8. The molecule has 0 saturated carbocycles. The zero-order valence-corrected chi connectivity index (χ0v) is 19.2. The van der Waals surface area contributed by atoms with Crippen molar-refractivity contribution in [3.8, 4) is 5.75 Å². The third-order valence-corrected chi connectivity index (χ3v) is 6.73. The summed E-state index contributed by atoms with van der Waals surface area (Å²) in [5.41, 5.74) is 3.53. The van der Waals surface area contributed by atoms with Crippen LogP contribution in [0.5, 0.6) is 5.75 Å². The van der Waals surface area contributed by atoms with Gasteiger partial charge in [0, 0.05) is 17.6 Å². The van der Waals surface area contributed by atoms with E-state index in [0.29, 0.717) is 23.3 Å². The van der Waals surface area contributed by atoms with Crippen LogP contribution in [0, 0.1) is 5.82 Å². The van der Waals surface area contributed by atoms with Crippen molar-refractivity contribution in [2.75, 3.05) is 6.61 Å². The van der Waals surface area contributed by atoms with Crippen LogP contribution in [-0.2, 0) is 21.7 Å². The maximum absolute atomic E-state index is 14.8. The first-order chi connectivity index (χ1) is 16.0. The second-order valence-corrected chi connectivity index (χ2v) is 8.97. The summed E-state index contributed by atoms with van der Waals surface area (Å²) in [5, 5.41) is 15.5. The van der Waals surface area contributed by atoms with Crippen LogP contribution >= 0.6 is 23.1 Å². The molecule has 2 aromatic heterocycles. The van der Waals surface area contributed by atoms with Crippen molar-refractivity contribution >= 4 is 45.6 Å². The standard InChI is InChI=1S/C24H19FN2O4S2/c1-2-8-30-21-6-4-16(12-18(21)25)24(29)17(10-14-7-9-32-13-14)22(23(28)31-24)15-3-5-19-20(11-15)27-33-26-19/h3-7,9,11-13,29H,2,8,10H2,1H3. The number of esters is 1. The molecule has 3 heterocycles. The second-order valence-electron chi connectivity index (χ2n) is 7.66. The predicted octanol–water partition coefficient (Wildman–Crippen LogP) is 5.08. The first kappa shape index (κ1) is 21.7. The molecule has 1 aliphatic heterocycles. The number of nitrogens with zero attached hydrogens (tertiary/aromatic N) is 2. The summed E-state index contributed by atoms with van der Waals surface area (Å²) >= 11 is 2.59. The second kappa shape index (κ2) is 8.66. The van der Waals surface area contributed by atoms with E-state index in [0.717, 1.165) is 35.3 Å². The minimum absolute atomic E-state index is 0.0820. The maximum Gasteiger partial charge on any atom is 0.342 e. The van der Waals surface area contributed by atoms with Gasteiger partial charge in [-0.05, 0) is 64.7 Å². The van der Waals surface area contributed by atoms with Gasteiger partial charge in [-0.2, -0.15) is 20.1 Å². The van der Waals surface area contributed by atoms with E-state index in [-0.39, 0.29) is 23.3 Å². The SMILES string of the molecule is CCCOc1ccc(C2(O)OC(=O)C(c3ccc4nsnc4c3)=C2Cc2ccsc2)cc1F. The largest absolute Gasteiger partial charge is 0.491 e. The fourth-order valence-corrected chi connectivity index (χ4v) is 5.03. The van der Waals surface area contributed by atoms with E-state index in [1.54, 1.807) is 18.2 Å². The molecule has 0 fully saturated rings. The number of benzene rings is 2. The van der Waals surface area contributed by atoms with Gasteiger partial charge in [0.05, 0.1) is 23.9 Å². The minimum Gasteiger partial charge on any atom is -0.491 e. The Labute approximate surface area is 197 Å². The van der Waals surface area contributed by atoms with Gasteiger partial charge in [0.15, 0.2) is 11.6 Å². The fraction of sp³-hybridized carbons (Fsp3) is 0.208.